The Bertz CT molecular complexity index is 793. The molecule has 1 heterocycles. The van der Waals surface area contributed by atoms with Gasteiger partial charge in [-0.15, -0.1) is 0 Å². The van der Waals surface area contributed by atoms with Gasteiger partial charge in [0, 0.05) is 19.0 Å². The van der Waals surface area contributed by atoms with Gasteiger partial charge in [0.2, 0.25) is 5.91 Å². The van der Waals surface area contributed by atoms with Crippen molar-refractivity contribution in [3.8, 4) is 0 Å². The van der Waals surface area contributed by atoms with Gasteiger partial charge < -0.3 is 9.64 Å². The van der Waals surface area contributed by atoms with E-state index in [1.165, 1.54) is 19.2 Å². The maximum atomic E-state index is 13.5. The molecule has 0 unspecified atom stereocenters. The number of hydrogen-bond acceptors (Lipinski definition) is 3. The molecule has 0 aromatic heterocycles. The van der Waals surface area contributed by atoms with E-state index >= 15 is 0 Å². The van der Waals surface area contributed by atoms with E-state index in [0.29, 0.717) is 18.7 Å². The summed E-state index contributed by atoms with van der Waals surface area (Å²) in [6.45, 7) is 2.52. The molecule has 1 aliphatic heterocycles. The van der Waals surface area contributed by atoms with Crippen LogP contribution in [0.5, 0.6) is 0 Å². The Morgan fingerprint density at radius 2 is 1.85 bits per heavy atom. The second-order valence-electron chi connectivity index (χ2n) is 6.67. The summed E-state index contributed by atoms with van der Waals surface area (Å²) in [7, 11) is 1.37. The third-order valence-electron chi connectivity index (χ3n) is 5.08. The van der Waals surface area contributed by atoms with Gasteiger partial charge >= 0.3 is 5.97 Å². The SMILES string of the molecule is COC(=O)[C@@H]1CN(C(=O)[C@H](C)c2cccc(F)c2)C[C@H]1c1ccccc1. The average Bonchev–Trinajstić information content (AvgIpc) is 3.12. The minimum Gasteiger partial charge on any atom is -0.469 e. The first-order chi connectivity index (χ1) is 12.5. The van der Waals surface area contributed by atoms with E-state index in [9.17, 15) is 14.0 Å². The zero-order chi connectivity index (χ0) is 18.7. The summed E-state index contributed by atoms with van der Waals surface area (Å²) in [4.78, 5) is 26.9. The number of carbonyl (C=O) groups is 2. The van der Waals surface area contributed by atoms with Crippen LogP contribution in [-0.2, 0) is 14.3 Å². The van der Waals surface area contributed by atoms with Gasteiger partial charge in [0.25, 0.3) is 0 Å². The molecular formula is C21H22FNO3. The normalized spacial score (nSPS) is 20.7. The first-order valence-electron chi connectivity index (χ1n) is 8.68. The quantitative estimate of drug-likeness (QED) is 0.790. The Labute approximate surface area is 152 Å². The van der Waals surface area contributed by atoms with Crippen LogP contribution in [0.3, 0.4) is 0 Å². The van der Waals surface area contributed by atoms with Crippen molar-refractivity contribution >= 4 is 11.9 Å². The van der Waals surface area contributed by atoms with Gasteiger partial charge in [0.05, 0.1) is 18.9 Å². The number of likely N-dealkylation sites (tertiary alicyclic amines) is 1. The lowest BCUT2D eigenvalue weighted by atomic mass is 9.89. The fourth-order valence-corrected chi connectivity index (χ4v) is 3.60. The predicted molar refractivity (Wildman–Crippen MR) is 96.1 cm³/mol. The van der Waals surface area contributed by atoms with E-state index in [0.717, 1.165) is 5.56 Å². The van der Waals surface area contributed by atoms with E-state index in [-0.39, 0.29) is 23.6 Å². The Balaban J connectivity index is 1.82. The number of methoxy groups -OCH3 is 1. The number of hydrogen-bond donors (Lipinski definition) is 0. The largest absolute Gasteiger partial charge is 0.469 e. The van der Waals surface area contributed by atoms with Crippen LogP contribution in [0.25, 0.3) is 0 Å². The first kappa shape index (κ1) is 18.1. The number of halogens is 1. The molecule has 1 aliphatic rings. The number of rotatable bonds is 4. The van der Waals surface area contributed by atoms with Crippen LogP contribution >= 0.6 is 0 Å². The summed E-state index contributed by atoms with van der Waals surface area (Å²) in [6.07, 6.45) is 0. The van der Waals surface area contributed by atoms with Crippen molar-refractivity contribution < 1.29 is 18.7 Å². The van der Waals surface area contributed by atoms with Crippen molar-refractivity contribution in [3.05, 3.63) is 71.5 Å². The Hall–Kier alpha value is -2.69. The Kier molecular flexibility index (Phi) is 5.35. The average molecular weight is 355 g/mol. The molecule has 136 valence electrons. The summed E-state index contributed by atoms with van der Waals surface area (Å²) < 4.78 is 18.4. The number of nitrogens with zero attached hydrogens (tertiary/aromatic N) is 1. The summed E-state index contributed by atoms with van der Waals surface area (Å²) in [5, 5.41) is 0. The second-order valence-corrected chi connectivity index (χ2v) is 6.67. The minimum atomic E-state index is -0.474. The molecule has 26 heavy (non-hydrogen) atoms. The number of ether oxygens (including phenoxy) is 1. The smallest absolute Gasteiger partial charge is 0.311 e. The molecule has 0 spiro atoms. The van der Waals surface area contributed by atoms with Crippen LogP contribution in [0, 0.1) is 11.7 Å². The molecular weight excluding hydrogens is 333 g/mol. The lowest BCUT2D eigenvalue weighted by Crippen LogP contribution is -2.33. The molecule has 0 saturated carbocycles. The molecule has 0 aliphatic carbocycles. The van der Waals surface area contributed by atoms with Gasteiger partial charge in [-0.05, 0) is 30.2 Å². The first-order valence-corrected chi connectivity index (χ1v) is 8.68. The van der Waals surface area contributed by atoms with Crippen LogP contribution in [0.4, 0.5) is 4.39 Å². The van der Waals surface area contributed by atoms with E-state index < -0.39 is 11.8 Å². The van der Waals surface area contributed by atoms with Gasteiger partial charge in [0.1, 0.15) is 5.82 Å². The van der Waals surface area contributed by atoms with E-state index in [2.05, 4.69) is 0 Å². The number of benzene rings is 2. The molecule has 1 saturated heterocycles. The molecule has 0 N–H and O–H groups in total. The highest BCUT2D eigenvalue weighted by molar-refractivity contribution is 5.85. The van der Waals surface area contributed by atoms with Gasteiger partial charge in [-0.3, -0.25) is 9.59 Å². The van der Waals surface area contributed by atoms with E-state index in [1.807, 2.05) is 30.3 Å². The highest BCUT2D eigenvalue weighted by Gasteiger charge is 2.42. The van der Waals surface area contributed by atoms with Crippen molar-refractivity contribution in [2.45, 2.75) is 18.8 Å². The topological polar surface area (TPSA) is 46.6 Å². The number of carbonyl (C=O) groups excluding carboxylic acids is 2. The minimum absolute atomic E-state index is 0.104. The van der Waals surface area contributed by atoms with Gasteiger partial charge in [-0.1, -0.05) is 42.5 Å². The van der Waals surface area contributed by atoms with E-state index in [4.69, 9.17) is 4.74 Å². The maximum Gasteiger partial charge on any atom is 0.311 e. The Morgan fingerprint density at radius 1 is 1.12 bits per heavy atom. The summed E-state index contributed by atoms with van der Waals surface area (Å²) in [5.74, 6) is -1.76. The number of esters is 1. The highest BCUT2D eigenvalue weighted by atomic mass is 19.1. The van der Waals surface area contributed by atoms with Crippen molar-refractivity contribution in [3.63, 3.8) is 0 Å². The monoisotopic (exact) mass is 355 g/mol. The molecule has 3 atom stereocenters. The molecule has 2 aromatic rings. The Morgan fingerprint density at radius 3 is 2.50 bits per heavy atom. The van der Waals surface area contributed by atoms with Gasteiger partial charge in [0.15, 0.2) is 0 Å². The van der Waals surface area contributed by atoms with Crippen LogP contribution in [0.2, 0.25) is 0 Å². The van der Waals surface area contributed by atoms with Crippen molar-refractivity contribution in [2.24, 2.45) is 5.92 Å². The summed E-state index contributed by atoms with van der Waals surface area (Å²) in [6, 6.07) is 15.8. The van der Waals surface area contributed by atoms with Crippen molar-refractivity contribution in [1.82, 2.24) is 4.90 Å². The maximum absolute atomic E-state index is 13.5. The number of amides is 1. The standard InChI is InChI=1S/C21H22FNO3/c1-14(16-9-6-10-17(22)11-16)20(24)23-12-18(15-7-4-3-5-8-15)19(13-23)21(25)26-2/h3-11,14,18-19H,12-13H2,1-2H3/t14-,18+,19-/m1/s1. The predicted octanol–water partition coefficient (Wildman–Crippen LogP) is 3.34. The van der Waals surface area contributed by atoms with Crippen LogP contribution in [0.15, 0.2) is 54.6 Å². The lowest BCUT2D eigenvalue weighted by molar-refractivity contribution is -0.145. The molecule has 5 heteroatoms. The fraction of sp³-hybridized carbons (Fsp3) is 0.333. The van der Waals surface area contributed by atoms with Crippen LogP contribution < -0.4 is 0 Å². The van der Waals surface area contributed by atoms with Crippen LogP contribution in [0.1, 0.15) is 29.9 Å². The summed E-state index contributed by atoms with van der Waals surface area (Å²) in [5.41, 5.74) is 1.64. The van der Waals surface area contributed by atoms with Gasteiger partial charge in [-0.2, -0.15) is 0 Å². The molecule has 0 bridgehead atoms. The van der Waals surface area contributed by atoms with Gasteiger partial charge in [-0.25, -0.2) is 4.39 Å². The molecule has 1 amide bonds. The molecule has 2 aromatic carbocycles. The third kappa shape index (κ3) is 3.62. The zero-order valence-corrected chi connectivity index (χ0v) is 14.9. The highest BCUT2D eigenvalue weighted by Crippen LogP contribution is 2.35. The lowest BCUT2D eigenvalue weighted by Gasteiger charge is -2.21. The zero-order valence-electron chi connectivity index (χ0n) is 14.9. The third-order valence-corrected chi connectivity index (χ3v) is 5.08. The molecule has 0 radical (unpaired) electrons. The van der Waals surface area contributed by atoms with Crippen molar-refractivity contribution in [1.29, 1.82) is 0 Å². The van der Waals surface area contributed by atoms with E-state index in [1.54, 1.807) is 24.0 Å². The molecule has 4 nitrogen and oxygen atoms in total. The van der Waals surface area contributed by atoms with Crippen molar-refractivity contribution in [2.75, 3.05) is 20.2 Å². The van der Waals surface area contributed by atoms with Crippen LogP contribution in [-0.4, -0.2) is 37.0 Å². The molecule has 3 rings (SSSR count). The fourth-order valence-electron chi connectivity index (χ4n) is 3.60. The summed E-state index contributed by atoms with van der Waals surface area (Å²) >= 11 is 0. The second kappa shape index (κ2) is 7.68. The molecule has 1 fully saturated rings.